The predicted octanol–water partition coefficient (Wildman–Crippen LogP) is 6.34. The summed E-state index contributed by atoms with van der Waals surface area (Å²) < 4.78 is 17.5. The molecule has 6 rings (SSSR count). The first-order valence-corrected chi connectivity index (χ1v) is 12.7. The normalized spacial score (nSPS) is 14.1. The number of hydrogen-bond donors (Lipinski definition) is 1. The van der Waals surface area contributed by atoms with Gasteiger partial charge in [0.25, 0.3) is 0 Å². The van der Waals surface area contributed by atoms with Gasteiger partial charge in [-0.25, -0.2) is 14.6 Å². The van der Waals surface area contributed by atoms with E-state index in [0.717, 1.165) is 22.8 Å². The Labute approximate surface area is 218 Å². The minimum Gasteiger partial charge on any atom is -0.462 e. The number of pyridine rings is 1. The summed E-state index contributed by atoms with van der Waals surface area (Å²) in [6.45, 7) is 3.94. The fourth-order valence-electron chi connectivity index (χ4n) is 5.40. The van der Waals surface area contributed by atoms with Crippen LogP contribution in [0.15, 0.2) is 75.9 Å². The van der Waals surface area contributed by atoms with E-state index in [1.54, 1.807) is 19.1 Å². The smallest absolute Gasteiger partial charge is 0.344 e. The molecule has 0 saturated carbocycles. The van der Waals surface area contributed by atoms with Gasteiger partial charge in [0.1, 0.15) is 11.1 Å². The first kappa shape index (κ1) is 23.7. The first-order valence-electron chi connectivity index (χ1n) is 12.7. The lowest BCUT2D eigenvalue weighted by Crippen LogP contribution is -2.25. The summed E-state index contributed by atoms with van der Waals surface area (Å²) in [5.74, 6) is -0.561. The Morgan fingerprint density at radius 2 is 1.71 bits per heavy atom. The van der Waals surface area contributed by atoms with Crippen LogP contribution in [-0.2, 0) is 11.2 Å². The van der Waals surface area contributed by atoms with Crippen molar-refractivity contribution in [2.75, 3.05) is 12.3 Å². The summed E-state index contributed by atoms with van der Waals surface area (Å²) in [5, 5.41) is 2.61. The Bertz CT molecular complexity index is 1780. The molecule has 2 N–H and O–H groups in total. The third kappa shape index (κ3) is 3.62. The third-order valence-corrected chi connectivity index (χ3v) is 6.99. The number of aryl methyl sites for hydroxylation is 1. The van der Waals surface area contributed by atoms with E-state index in [1.165, 1.54) is 0 Å². The summed E-state index contributed by atoms with van der Waals surface area (Å²) in [7, 11) is 0. The number of aromatic nitrogens is 1. The molecule has 1 aliphatic rings. The highest BCUT2D eigenvalue weighted by atomic mass is 16.5. The van der Waals surface area contributed by atoms with E-state index in [1.807, 2.05) is 61.5 Å². The van der Waals surface area contributed by atoms with Crippen LogP contribution in [0.2, 0.25) is 0 Å². The molecule has 0 radical (unpaired) electrons. The number of nitrogens with two attached hydrogens (primary N) is 1. The molecule has 1 aliphatic heterocycles. The predicted molar refractivity (Wildman–Crippen MR) is 146 cm³/mol. The zero-order valence-electron chi connectivity index (χ0n) is 21.1. The Kier molecular flexibility index (Phi) is 5.83. The average Bonchev–Trinajstić information content (AvgIpc) is 2.92. The number of nitrogen functional groups attached to an aromatic ring is 1. The topological polar surface area (TPSA) is 105 Å². The highest BCUT2D eigenvalue weighted by Crippen LogP contribution is 2.51. The molecule has 2 aromatic heterocycles. The second-order valence-electron chi connectivity index (χ2n) is 9.27. The van der Waals surface area contributed by atoms with Crippen LogP contribution in [0.5, 0.6) is 11.6 Å². The minimum atomic E-state index is -0.683. The highest BCUT2D eigenvalue weighted by molar-refractivity contribution is 5.99. The number of nitrogens with zero attached hydrogens (tertiary/aromatic N) is 1. The number of carbonyl (C=O) groups excluding carboxylic acids is 1. The maximum Gasteiger partial charge on any atom is 0.344 e. The van der Waals surface area contributed by atoms with Gasteiger partial charge in [-0.15, -0.1) is 0 Å². The van der Waals surface area contributed by atoms with E-state index in [2.05, 4.69) is 0 Å². The summed E-state index contributed by atoms with van der Waals surface area (Å²) in [5.41, 5.74) is 9.23. The van der Waals surface area contributed by atoms with E-state index in [9.17, 15) is 9.59 Å². The molecule has 190 valence electrons. The highest BCUT2D eigenvalue weighted by Gasteiger charge is 2.39. The number of rotatable bonds is 5. The lowest BCUT2D eigenvalue weighted by Gasteiger charge is -2.30. The average molecular weight is 507 g/mol. The van der Waals surface area contributed by atoms with Gasteiger partial charge >= 0.3 is 11.6 Å². The summed E-state index contributed by atoms with van der Waals surface area (Å²) >= 11 is 0. The second-order valence-corrected chi connectivity index (χ2v) is 9.27. The number of ether oxygens (including phenoxy) is 2. The molecule has 1 atom stereocenters. The van der Waals surface area contributed by atoms with E-state index in [4.69, 9.17) is 24.6 Å². The molecule has 3 heterocycles. The lowest BCUT2D eigenvalue weighted by atomic mass is 9.80. The molecule has 7 nitrogen and oxygen atoms in total. The quantitative estimate of drug-likeness (QED) is 0.215. The van der Waals surface area contributed by atoms with Crippen LogP contribution in [-0.4, -0.2) is 17.6 Å². The van der Waals surface area contributed by atoms with E-state index < -0.39 is 17.5 Å². The number of fused-ring (bicyclic) bond motifs is 5. The van der Waals surface area contributed by atoms with Crippen LogP contribution in [0.4, 0.5) is 5.69 Å². The minimum absolute atomic E-state index is 0.197. The number of esters is 1. The van der Waals surface area contributed by atoms with E-state index in [0.29, 0.717) is 40.0 Å². The zero-order chi connectivity index (χ0) is 26.4. The van der Waals surface area contributed by atoms with Gasteiger partial charge in [0.15, 0.2) is 5.75 Å². The van der Waals surface area contributed by atoms with Crippen LogP contribution in [0.25, 0.3) is 21.7 Å². The van der Waals surface area contributed by atoms with Crippen molar-refractivity contribution in [3.63, 3.8) is 0 Å². The molecular weight excluding hydrogens is 480 g/mol. The van der Waals surface area contributed by atoms with Gasteiger partial charge in [0.2, 0.25) is 5.88 Å². The Morgan fingerprint density at radius 3 is 2.50 bits per heavy atom. The van der Waals surface area contributed by atoms with Gasteiger partial charge in [-0.05, 0) is 41.8 Å². The van der Waals surface area contributed by atoms with Gasteiger partial charge < -0.3 is 19.6 Å². The van der Waals surface area contributed by atoms with Crippen LogP contribution in [0.1, 0.15) is 58.9 Å². The van der Waals surface area contributed by atoms with Crippen LogP contribution < -0.4 is 16.1 Å². The van der Waals surface area contributed by atoms with Crippen molar-refractivity contribution >= 4 is 33.4 Å². The van der Waals surface area contributed by atoms with E-state index in [-0.39, 0.29) is 23.7 Å². The van der Waals surface area contributed by atoms with Crippen LogP contribution in [0, 0.1) is 0 Å². The SMILES string of the molecule is CCCc1nc2c(c(N)c1C(=O)OCC)C(c1cccc3ccccc13)c1c(c3ccccc3oc1=O)O2. The Balaban J connectivity index is 1.75. The van der Waals surface area contributed by atoms with Crippen molar-refractivity contribution in [3.05, 3.63) is 105 Å². The number of anilines is 1. The zero-order valence-corrected chi connectivity index (χ0v) is 21.1. The van der Waals surface area contributed by atoms with Crippen LogP contribution in [0.3, 0.4) is 0 Å². The standard InChI is InChI=1S/C31H26N2O5/c1-3-10-21-24(30(34)36-4-2)27(32)25-23(19-15-9-12-17-11-5-6-13-18(17)19)26-28(38-29(25)33-21)20-14-7-8-16-22(20)37-31(26)35/h5-9,11-16,23H,3-4,10H2,1-2H3,(H2,32,33). The molecule has 0 spiro atoms. The Morgan fingerprint density at radius 1 is 0.974 bits per heavy atom. The van der Waals surface area contributed by atoms with Crippen molar-refractivity contribution in [3.8, 4) is 11.6 Å². The number of carbonyl (C=O) groups is 1. The number of benzene rings is 3. The molecule has 0 aliphatic carbocycles. The third-order valence-electron chi connectivity index (χ3n) is 6.99. The maximum atomic E-state index is 13.6. The van der Waals surface area contributed by atoms with Crippen molar-refractivity contribution in [1.82, 2.24) is 4.98 Å². The molecule has 38 heavy (non-hydrogen) atoms. The van der Waals surface area contributed by atoms with Gasteiger partial charge in [0, 0.05) is 0 Å². The molecule has 1 unspecified atom stereocenters. The second kappa shape index (κ2) is 9.34. The lowest BCUT2D eigenvalue weighted by molar-refractivity contribution is 0.0525. The fourth-order valence-corrected chi connectivity index (χ4v) is 5.40. The largest absolute Gasteiger partial charge is 0.462 e. The number of para-hydroxylation sites is 1. The molecule has 0 bridgehead atoms. The summed E-state index contributed by atoms with van der Waals surface area (Å²) in [6, 6.07) is 21.1. The van der Waals surface area contributed by atoms with Crippen LogP contribution >= 0.6 is 0 Å². The van der Waals surface area contributed by atoms with Gasteiger partial charge in [0.05, 0.1) is 40.4 Å². The van der Waals surface area contributed by atoms with E-state index >= 15 is 0 Å². The Hall–Kier alpha value is -4.65. The molecule has 5 aromatic rings. The number of hydrogen-bond acceptors (Lipinski definition) is 7. The molecule has 3 aromatic carbocycles. The van der Waals surface area contributed by atoms with Crippen molar-refractivity contribution < 1.29 is 18.7 Å². The van der Waals surface area contributed by atoms with Gasteiger partial charge in [-0.3, -0.25) is 0 Å². The molecule has 0 amide bonds. The molecule has 0 fully saturated rings. The molecule has 0 saturated heterocycles. The van der Waals surface area contributed by atoms with Crippen molar-refractivity contribution in [2.45, 2.75) is 32.6 Å². The van der Waals surface area contributed by atoms with Gasteiger partial charge in [-0.2, -0.15) is 0 Å². The monoisotopic (exact) mass is 506 g/mol. The molecule has 7 heteroatoms. The van der Waals surface area contributed by atoms with Gasteiger partial charge in [-0.1, -0.05) is 67.9 Å². The fraction of sp³-hybridized carbons (Fsp3) is 0.194. The maximum absolute atomic E-state index is 13.6. The first-order chi connectivity index (χ1) is 18.5. The molecular formula is C31H26N2O5. The summed E-state index contributed by atoms with van der Waals surface area (Å²) in [6.07, 6.45) is 1.26. The van der Waals surface area contributed by atoms with Crippen molar-refractivity contribution in [2.24, 2.45) is 0 Å². The summed E-state index contributed by atoms with van der Waals surface area (Å²) in [4.78, 5) is 31.6. The van der Waals surface area contributed by atoms with Crippen molar-refractivity contribution in [1.29, 1.82) is 0 Å².